The molecule has 0 spiro atoms. The van der Waals surface area contributed by atoms with Crippen molar-refractivity contribution < 1.29 is 23.9 Å². The van der Waals surface area contributed by atoms with Crippen LogP contribution in [-0.2, 0) is 11.3 Å². The van der Waals surface area contributed by atoms with Crippen molar-refractivity contribution in [2.24, 2.45) is 5.73 Å². The molecule has 0 saturated heterocycles. The van der Waals surface area contributed by atoms with E-state index >= 15 is 0 Å². The number of primary amides is 1. The fourth-order valence-electron chi connectivity index (χ4n) is 4.55. The SMILES string of the molecule is CC(=O)N1Cc2c(C(N)=O)nn(-c3ccc4c(c3)OCO4)c2-c2cc([As]C(=O)c3ccncc3Cl)ccc21. The number of benzene rings is 2. The zero-order valence-electron chi connectivity index (χ0n) is 19.8. The second-order valence-corrected chi connectivity index (χ2v) is 11.4. The van der Waals surface area contributed by atoms with E-state index in [1.807, 2.05) is 18.2 Å². The summed E-state index contributed by atoms with van der Waals surface area (Å²) in [5, 5.41) is 4.85. The van der Waals surface area contributed by atoms with E-state index in [0.717, 1.165) is 4.35 Å². The van der Waals surface area contributed by atoms with E-state index in [1.165, 1.54) is 19.3 Å². The van der Waals surface area contributed by atoms with E-state index in [2.05, 4.69) is 10.1 Å². The summed E-state index contributed by atoms with van der Waals surface area (Å²) >= 11 is 5.22. The van der Waals surface area contributed by atoms with Crippen molar-refractivity contribution >= 4 is 53.8 Å². The predicted molar refractivity (Wildman–Crippen MR) is 139 cm³/mol. The number of nitrogens with zero attached hydrogens (tertiary/aromatic N) is 4. The standard InChI is InChI=1S/C26H18AsClN5O5/c1-13(34)32-11-18-23(26(29)36)31-33(15-3-5-21-22(9-15)38-12-37-21)24(18)17-8-14(2-4-20(17)32)27-25(35)16-6-7-30-10-19(16)28/h2-10H,11-12H2,1H3,(H2,29,36). The topological polar surface area (TPSA) is 130 Å². The predicted octanol–water partition coefficient (Wildman–Crippen LogP) is 2.45. The monoisotopic (exact) mass is 590 g/mol. The third-order valence-electron chi connectivity index (χ3n) is 6.27. The van der Waals surface area contributed by atoms with E-state index < -0.39 is 21.7 Å². The van der Waals surface area contributed by atoms with Crippen LogP contribution in [0.3, 0.4) is 0 Å². The molecule has 0 saturated carbocycles. The van der Waals surface area contributed by atoms with Crippen LogP contribution >= 0.6 is 11.6 Å². The van der Waals surface area contributed by atoms with Crippen molar-refractivity contribution in [2.45, 2.75) is 13.5 Å². The molecule has 2 aliphatic heterocycles. The van der Waals surface area contributed by atoms with Gasteiger partial charge in [-0.25, -0.2) is 0 Å². The number of aromatic nitrogens is 3. The molecule has 2 aliphatic rings. The Morgan fingerprint density at radius 1 is 1.08 bits per heavy atom. The molecule has 0 fully saturated rings. The number of hydrogen-bond acceptors (Lipinski definition) is 7. The van der Waals surface area contributed by atoms with Crippen LogP contribution in [0.4, 0.5) is 5.69 Å². The van der Waals surface area contributed by atoms with E-state index in [9.17, 15) is 14.4 Å². The summed E-state index contributed by atoms with van der Waals surface area (Å²) in [4.78, 5) is 43.6. The summed E-state index contributed by atoms with van der Waals surface area (Å²) < 4.78 is 13.3. The second-order valence-electron chi connectivity index (χ2n) is 8.57. The molecule has 0 bridgehead atoms. The van der Waals surface area contributed by atoms with E-state index in [4.69, 9.17) is 26.8 Å². The summed E-state index contributed by atoms with van der Waals surface area (Å²) in [6.07, 6.45) is 2.97. The number of amides is 2. The van der Waals surface area contributed by atoms with Gasteiger partial charge in [-0.3, -0.25) is 0 Å². The minimum absolute atomic E-state index is 0.0629. The van der Waals surface area contributed by atoms with Gasteiger partial charge in [-0.15, -0.1) is 0 Å². The fraction of sp³-hybridized carbons (Fsp3) is 0.115. The fourth-order valence-corrected chi connectivity index (χ4v) is 6.77. The zero-order valence-corrected chi connectivity index (χ0v) is 22.5. The van der Waals surface area contributed by atoms with Crippen molar-refractivity contribution in [3.63, 3.8) is 0 Å². The molecular weight excluding hydrogens is 573 g/mol. The molecule has 0 aliphatic carbocycles. The second kappa shape index (κ2) is 9.31. The van der Waals surface area contributed by atoms with E-state index in [-0.39, 0.29) is 29.5 Å². The van der Waals surface area contributed by atoms with Gasteiger partial charge in [0, 0.05) is 0 Å². The maximum absolute atomic E-state index is 13.1. The summed E-state index contributed by atoms with van der Waals surface area (Å²) in [6.45, 7) is 1.69. The van der Waals surface area contributed by atoms with Crippen LogP contribution in [0.5, 0.6) is 11.5 Å². The first-order valence-electron chi connectivity index (χ1n) is 11.4. The van der Waals surface area contributed by atoms with Gasteiger partial charge < -0.3 is 0 Å². The van der Waals surface area contributed by atoms with Crippen LogP contribution in [0, 0.1) is 0 Å². The van der Waals surface area contributed by atoms with Gasteiger partial charge in [0.15, 0.2) is 0 Å². The molecule has 4 heterocycles. The van der Waals surface area contributed by atoms with Crippen LogP contribution < -0.4 is 24.5 Å². The molecule has 1 radical (unpaired) electrons. The number of carbonyl (C=O) groups is 3. The number of halogens is 1. The number of hydrogen-bond donors (Lipinski definition) is 1. The third-order valence-corrected chi connectivity index (χ3v) is 8.63. The minimum atomic E-state index is -0.977. The van der Waals surface area contributed by atoms with Gasteiger partial charge in [-0.1, -0.05) is 0 Å². The maximum atomic E-state index is 13.1. The van der Waals surface area contributed by atoms with Crippen molar-refractivity contribution in [1.29, 1.82) is 0 Å². The molecule has 10 nitrogen and oxygen atoms in total. The van der Waals surface area contributed by atoms with E-state index in [1.54, 1.807) is 33.8 Å². The van der Waals surface area contributed by atoms with Gasteiger partial charge >= 0.3 is 228 Å². The third kappa shape index (κ3) is 4.02. The molecular formula is C26H18AsClN5O5. The first-order chi connectivity index (χ1) is 18.3. The Bertz CT molecular complexity index is 1670. The first kappa shape index (κ1) is 24.2. The molecule has 38 heavy (non-hydrogen) atoms. The van der Waals surface area contributed by atoms with Crippen molar-refractivity contribution in [3.8, 4) is 28.4 Å². The van der Waals surface area contributed by atoms with Crippen molar-refractivity contribution in [3.05, 3.63) is 76.7 Å². The quantitative estimate of drug-likeness (QED) is 0.354. The van der Waals surface area contributed by atoms with Crippen LogP contribution in [-0.4, -0.2) is 53.7 Å². The molecule has 0 atom stereocenters. The summed E-state index contributed by atoms with van der Waals surface area (Å²) in [5.74, 6) is 0.238. The number of nitrogens with two attached hydrogens (primary N) is 1. The van der Waals surface area contributed by atoms with Gasteiger partial charge in [0.2, 0.25) is 0 Å². The number of ether oxygens (including phenoxy) is 2. The Morgan fingerprint density at radius 2 is 1.89 bits per heavy atom. The zero-order chi connectivity index (χ0) is 26.6. The molecule has 189 valence electrons. The summed E-state index contributed by atoms with van der Waals surface area (Å²) in [5.41, 5.74) is 9.24. The normalized spacial score (nSPS) is 13.5. The van der Waals surface area contributed by atoms with Gasteiger partial charge in [-0.2, -0.15) is 0 Å². The molecule has 12 heteroatoms. The van der Waals surface area contributed by atoms with Gasteiger partial charge in [-0.05, 0) is 0 Å². The Balaban J connectivity index is 1.51. The number of rotatable bonds is 5. The Hall–Kier alpha value is -4.14. The van der Waals surface area contributed by atoms with Crippen molar-refractivity contribution in [2.75, 3.05) is 11.7 Å². The van der Waals surface area contributed by atoms with Crippen LogP contribution in [0.15, 0.2) is 54.9 Å². The Morgan fingerprint density at radius 3 is 2.66 bits per heavy atom. The van der Waals surface area contributed by atoms with Crippen molar-refractivity contribution in [1.82, 2.24) is 14.8 Å². The van der Waals surface area contributed by atoms with Crippen LogP contribution in [0.1, 0.15) is 33.3 Å². The van der Waals surface area contributed by atoms with Crippen LogP contribution in [0.25, 0.3) is 16.9 Å². The Kier molecular flexibility index (Phi) is 5.93. The van der Waals surface area contributed by atoms with E-state index in [0.29, 0.717) is 50.3 Å². The average Bonchev–Trinajstić information content (AvgIpc) is 3.52. The summed E-state index contributed by atoms with van der Waals surface area (Å²) in [6, 6.07) is 12.4. The van der Waals surface area contributed by atoms with Gasteiger partial charge in [0.25, 0.3) is 0 Å². The van der Waals surface area contributed by atoms with Gasteiger partial charge in [0.05, 0.1) is 0 Å². The number of pyridine rings is 1. The molecule has 2 aromatic heterocycles. The van der Waals surface area contributed by atoms with Gasteiger partial charge in [0.1, 0.15) is 0 Å². The molecule has 2 N–H and O–H groups in total. The molecule has 6 rings (SSSR count). The number of anilines is 1. The number of fused-ring (bicyclic) bond motifs is 4. The Labute approximate surface area is 228 Å². The average molecular weight is 591 g/mol. The molecule has 2 amide bonds. The number of carbonyl (C=O) groups excluding carboxylic acids is 3. The van der Waals surface area contributed by atoms with Crippen LogP contribution in [0.2, 0.25) is 5.02 Å². The first-order valence-corrected chi connectivity index (χ1v) is 13.7. The molecule has 2 aromatic carbocycles. The molecule has 4 aromatic rings. The summed E-state index contributed by atoms with van der Waals surface area (Å²) in [7, 11) is 0. The molecule has 0 unspecified atom stereocenters.